The molecule has 0 saturated carbocycles. The van der Waals surface area contributed by atoms with Crippen molar-refractivity contribution in [3.05, 3.63) is 56.9 Å². The summed E-state index contributed by atoms with van der Waals surface area (Å²) in [6.45, 7) is 2.76. The Balaban J connectivity index is 1.77. The maximum atomic E-state index is 12.6. The molecule has 3 rings (SSSR count). The van der Waals surface area contributed by atoms with Crippen LogP contribution < -0.4 is 16.7 Å². The van der Waals surface area contributed by atoms with E-state index >= 15 is 0 Å². The van der Waals surface area contributed by atoms with E-state index in [1.165, 1.54) is 12.1 Å². The number of halogens is 2. The van der Waals surface area contributed by atoms with E-state index in [9.17, 15) is 9.59 Å². The lowest BCUT2D eigenvalue weighted by molar-refractivity contribution is -0.116. The third kappa shape index (κ3) is 3.43. The van der Waals surface area contributed by atoms with Crippen molar-refractivity contribution >= 4 is 51.5 Å². The van der Waals surface area contributed by atoms with Crippen molar-refractivity contribution < 1.29 is 4.79 Å². The van der Waals surface area contributed by atoms with Crippen LogP contribution in [0.3, 0.4) is 0 Å². The molecule has 8 heteroatoms. The molecule has 6 nitrogen and oxygen atoms in total. The summed E-state index contributed by atoms with van der Waals surface area (Å²) in [4.78, 5) is 24.8. The minimum Gasteiger partial charge on any atom is -0.396 e. The second-order valence-electron chi connectivity index (χ2n) is 5.82. The highest BCUT2D eigenvalue weighted by atomic mass is 35.5. The summed E-state index contributed by atoms with van der Waals surface area (Å²) in [6, 6.07) is 10.6. The van der Waals surface area contributed by atoms with Gasteiger partial charge in [0.1, 0.15) is 0 Å². The van der Waals surface area contributed by atoms with Crippen LogP contribution in [0, 0.1) is 0 Å². The van der Waals surface area contributed by atoms with Crippen LogP contribution in [-0.2, 0) is 17.9 Å². The highest BCUT2D eigenvalue weighted by Crippen LogP contribution is 2.31. The van der Waals surface area contributed by atoms with Gasteiger partial charge in [0, 0.05) is 25.2 Å². The monoisotopic (exact) mass is 392 g/mol. The van der Waals surface area contributed by atoms with Gasteiger partial charge in [0.15, 0.2) is 0 Å². The van der Waals surface area contributed by atoms with Gasteiger partial charge in [-0.05, 0) is 31.2 Å². The molecule has 0 saturated heterocycles. The number of fused-ring (bicyclic) bond motifs is 1. The topological polar surface area (TPSA) is 82.0 Å². The number of anilines is 2. The van der Waals surface area contributed by atoms with Crippen LogP contribution in [0.4, 0.5) is 11.4 Å². The van der Waals surface area contributed by atoms with Crippen molar-refractivity contribution in [3.8, 4) is 0 Å². The number of imidazole rings is 1. The number of amides is 1. The fraction of sp³-hybridized carbons (Fsp3) is 0.222. The first-order valence-electron chi connectivity index (χ1n) is 8.14. The Labute approximate surface area is 160 Å². The number of hydrogen-bond acceptors (Lipinski definition) is 3. The molecule has 0 aliphatic carbocycles. The summed E-state index contributed by atoms with van der Waals surface area (Å²) in [6.07, 6.45) is 0.136. The van der Waals surface area contributed by atoms with Crippen molar-refractivity contribution in [2.45, 2.75) is 26.4 Å². The van der Waals surface area contributed by atoms with E-state index in [4.69, 9.17) is 28.9 Å². The summed E-state index contributed by atoms with van der Waals surface area (Å²) in [5.41, 5.74) is 7.96. The molecule has 0 aliphatic heterocycles. The summed E-state index contributed by atoms with van der Waals surface area (Å²) in [5.74, 6) is -0.248. The first-order chi connectivity index (χ1) is 12.4. The standard InChI is InChI=1S/C18H18Cl2N4O2/c1-2-23-14-5-3-4-6-15(14)24(18(23)26)8-7-16(25)22-11-9-12(19)17(21)13(20)10-11/h3-6,9-10H,2,7-8,21H2,1H3,(H,22,25). The fourth-order valence-electron chi connectivity index (χ4n) is 2.89. The SMILES string of the molecule is CCn1c(=O)n(CCC(=O)Nc2cc(Cl)c(N)c(Cl)c2)c2ccccc21. The second kappa shape index (κ2) is 7.43. The number of rotatable bonds is 5. The Morgan fingerprint density at radius 2 is 1.69 bits per heavy atom. The molecule has 1 amide bonds. The molecule has 0 spiro atoms. The molecule has 0 fully saturated rings. The number of hydrogen-bond donors (Lipinski definition) is 2. The van der Waals surface area contributed by atoms with Crippen LogP contribution in [0.5, 0.6) is 0 Å². The Hall–Kier alpha value is -2.44. The minimum atomic E-state index is -0.248. The molecular weight excluding hydrogens is 375 g/mol. The first kappa shape index (κ1) is 18.4. The van der Waals surface area contributed by atoms with Crippen LogP contribution in [-0.4, -0.2) is 15.0 Å². The highest BCUT2D eigenvalue weighted by Gasteiger charge is 2.13. The molecule has 0 atom stereocenters. The molecule has 26 heavy (non-hydrogen) atoms. The van der Waals surface area contributed by atoms with E-state index in [1.807, 2.05) is 31.2 Å². The summed E-state index contributed by atoms with van der Waals surface area (Å²) in [7, 11) is 0. The number of nitrogens with two attached hydrogens (primary N) is 1. The molecule has 0 bridgehead atoms. The molecule has 136 valence electrons. The molecule has 0 radical (unpaired) electrons. The lowest BCUT2D eigenvalue weighted by Crippen LogP contribution is -2.25. The third-order valence-electron chi connectivity index (χ3n) is 4.17. The Kier molecular flexibility index (Phi) is 5.25. The molecule has 2 aromatic carbocycles. The van der Waals surface area contributed by atoms with Crippen LogP contribution in [0.1, 0.15) is 13.3 Å². The van der Waals surface area contributed by atoms with Crippen molar-refractivity contribution in [3.63, 3.8) is 0 Å². The first-order valence-corrected chi connectivity index (χ1v) is 8.90. The zero-order chi connectivity index (χ0) is 18.8. The average Bonchev–Trinajstić information content (AvgIpc) is 2.88. The van der Waals surface area contributed by atoms with Crippen molar-refractivity contribution in [1.82, 2.24) is 9.13 Å². The lowest BCUT2D eigenvalue weighted by Gasteiger charge is -2.09. The van der Waals surface area contributed by atoms with E-state index < -0.39 is 0 Å². The van der Waals surface area contributed by atoms with Gasteiger partial charge in [0.25, 0.3) is 0 Å². The van der Waals surface area contributed by atoms with Gasteiger partial charge in [-0.3, -0.25) is 13.9 Å². The van der Waals surface area contributed by atoms with Crippen LogP contribution >= 0.6 is 23.2 Å². The number of aryl methyl sites for hydroxylation is 2. The lowest BCUT2D eigenvalue weighted by atomic mass is 10.2. The maximum Gasteiger partial charge on any atom is 0.329 e. The number of carbonyl (C=O) groups excluding carboxylic acids is 1. The largest absolute Gasteiger partial charge is 0.396 e. The van der Waals surface area contributed by atoms with Gasteiger partial charge in [0.2, 0.25) is 5.91 Å². The quantitative estimate of drug-likeness (QED) is 0.648. The third-order valence-corrected chi connectivity index (χ3v) is 4.79. The molecule has 3 aromatic rings. The number of nitrogens with zero attached hydrogens (tertiary/aromatic N) is 2. The van der Waals surface area contributed by atoms with Gasteiger partial charge >= 0.3 is 5.69 Å². The van der Waals surface area contributed by atoms with E-state index in [-0.39, 0.29) is 40.3 Å². The van der Waals surface area contributed by atoms with Gasteiger partial charge < -0.3 is 11.1 Å². The number of nitrogen functional groups attached to an aromatic ring is 1. The van der Waals surface area contributed by atoms with Crippen molar-refractivity contribution in [2.75, 3.05) is 11.1 Å². The predicted molar refractivity (Wildman–Crippen MR) is 106 cm³/mol. The number of para-hydroxylation sites is 2. The maximum absolute atomic E-state index is 12.6. The Bertz CT molecular complexity index is 1020. The summed E-state index contributed by atoms with van der Waals surface area (Å²) >= 11 is 11.9. The Morgan fingerprint density at radius 1 is 1.12 bits per heavy atom. The van der Waals surface area contributed by atoms with Crippen LogP contribution in [0.15, 0.2) is 41.2 Å². The van der Waals surface area contributed by atoms with Crippen LogP contribution in [0.2, 0.25) is 10.0 Å². The van der Waals surface area contributed by atoms with Gasteiger partial charge in [-0.25, -0.2) is 4.79 Å². The zero-order valence-corrected chi connectivity index (χ0v) is 15.6. The Morgan fingerprint density at radius 3 is 2.27 bits per heavy atom. The number of nitrogens with one attached hydrogen (secondary N) is 1. The molecule has 0 aliphatic rings. The van der Waals surface area contributed by atoms with Crippen molar-refractivity contribution in [2.24, 2.45) is 0 Å². The molecular formula is C18H18Cl2N4O2. The fourth-order valence-corrected chi connectivity index (χ4v) is 3.37. The summed E-state index contributed by atoms with van der Waals surface area (Å²) < 4.78 is 3.30. The van der Waals surface area contributed by atoms with E-state index in [0.29, 0.717) is 12.2 Å². The molecule has 3 N–H and O–H groups in total. The highest BCUT2D eigenvalue weighted by molar-refractivity contribution is 6.39. The zero-order valence-electron chi connectivity index (χ0n) is 14.1. The van der Waals surface area contributed by atoms with E-state index in [2.05, 4.69) is 5.32 Å². The second-order valence-corrected chi connectivity index (χ2v) is 6.63. The molecule has 1 heterocycles. The summed E-state index contributed by atoms with van der Waals surface area (Å²) in [5, 5.41) is 3.27. The molecule has 1 aromatic heterocycles. The van der Waals surface area contributed by atoms with E-state index in [0.717, 1.165) is 11.0 Å². The predicted octanol–water partition coefficient (Wildman–Crippen LogP) is 3.74. The van der Waals surface area contributed by atoms with Gasteiger partial charge in [-0.1, -0.05) is 35.3 Å². The number of carbonyl (C=O) groups is 1. The average molecular weight is 393 g/mol. The normalized spacial score (nSPS) is 11.0. The molecule has 0 unspecified atom stereocenters. The minimum absolute atomic E-state index is 0.125. The van der Waals surface area contributed by atoms with Crippen molar-refractivity contribution in [1.29, 1.82) is 0 Å². The number of aromatic nitrogens is 2. The van der Waals surface area contributed by atoms with Crippen LogP contribution in [0.25, 0.3) is 11.0 Å². The smallest absolute Gasteiger partial charge is 0.329 e. The van der Waals surface area contributed by atoms with Gasteiger partial charge in [-0.15, -0.1) is 0 Å². The van der Waals surface area contributed by atoms with E-state index in [1.54, 1.807) is 9.13 Å². The van der Waals surface area contributed by atoms with Gasteiger partial charge in [0.05, 0.1) is 26.8 Å². The van der Waals surface area contributed by atoms with Gasteiger partial charge in [-0.2, -0.15) is 0 Å². The number of benzene rings is 2.